The van der Waals surface area contributed by atoms with Crippen molar-refractivity contribution in [2.45, 2.75) is 6.92 Å². The number of nitrogens with two attached hydrogens (primary N) is 1. The first-order valence-electron chi connectivity index (χ1n) is 6.36. The van der Waals surface area contributed by atoms with Gasteiger partial charge in [-0.2, -0.15) is 0 Å². The molecule has 1 heterocycles. The van der Waals surface area contributed by atoms with Crippen LogP contribution in [0.4, 0.5) is 11.4 Å². The SMILES string of the molecule is Cc1ccncc1NS(=O)(=O)CCOc1ccccc1N. The van der Waals surface area contributed by atoms with Crippen LogP contribution in [0.3, 0.4) is 0 Å². The lowest BCUT2D eigenvalue weighted by molar-refractivity contribution is 0.343. The van der Waals surface area contributed by atoms with Crippen LogP contribution in [0.1, 0.15) is 5.56 Å². The Kier molecular flexibility index (Phi) is 4.64. The van der Waals surface area contributed by atoms with Gasteiger partial charge in [0.25, 0.3) is 0 Å². The maximum atomic E-state index is 12.0. The predicted octanol–water partition coefficient (Wildman–Crippen LogP) is 1.79. The number of para-hydroxylation sites is 2. The third-order valence-corrected chi connectivity index (χ3v) is 4.07. The fraction of sp³-hybridized carbons (Fsp3) is 0.214. The Morgan fingerprint density at radius 3 is 2.76 bits per heavy atom. The lowest BCUT2D eigenvalue weighted by atomic mass is 10.3. The van der Waals surface area contributed by atoms with Crippen molar-refractivity contribution in [3.05, 3.63) is 48.3 Å². The fourth-order valence-electron chi connectivity index (χ4n) is 1.66. The quantitative estimate of drug-likeness (QED) is 0.793. The second-order valence-electron chi connectivity index (χ2n) is 4.50. The third-order valence-electron chi connectivity index (χ3n) is 2.83. The van der Waals surface area contributed by atoms with Crippen molar-refractivity contribution in [1.29, 1.82) is 0 Å². The molecule has 0 unspecified atom stereocenters. The maximum Gasteiger partial charge on any atom is 0.236 e. The molecule has 6 nitrogen and oxygen atoms in total. The summed E-state index contributed by atoms with van der Waals surface area (Å²) in [5.74, 6) is 0.306. The number of nitrogens with one attached hydrogen (secondary N) is 1. The number of pyridine rings is 1. The highest BCUT2D eigenvalue weighted by Crippen LogP contribution is 2.19. The Hall–Kier alpha value is -2.28. The molecule has 2 rings (SSSR count). The molecule has 112 valence electrons. The van der Waals surface area contributed by atoms with E-state index in [4.69, 9.17) is 10.5 Å². The minimum absolute atomic E-state index is 0.0167. The molecule has 2 aromatic rings. The maximum absolute atomic E-state index is 12.0. The van der Waals surface area contributed by atoms with Gasteiger partial charge in [-0.1, -0.05) is 12.1 Å². The highest BCUT2D eigenvalue weighted by Gasteiger charge is 2.12. The van der Waals surface area contributed by atoms with Crippen LogP contribution in [0.2, 0.25) is 0 Å². The lowest BCUT2D eigenvalue weighted by Gasteiger charge is -2.11. The van der Waals surface area contributed by atoms with E-state index in [-0.39, 0.29) is 12.4 Å². The van der Waals surface area contributed by atoms with Gasteiger partial charge in [-0.25, -0.2) is 8.42 Å². The molecule has 21 heavy (non-hydrogen) atoms. The summed E-state index contributed by atoms with van der Waals surface area (Å²) in [6.07, 6.45) is 3.08. The van der Waals surface area contributed by atoms with Crippen molar-refractivity contribution < 1.29 is 13.2 Å². The smallest absolute Gasteiger partial charge is 0.236 e. The van der Waals surface area contributed by atoms with Crippen molar-refractivity contribution >= 4 is 21.4 Å². The van der Waals surface area contributed by atoms with Gasteiger partial charge in [0.1, 0.15) is 18.1 Å². The van der Waals surface area contributed by atoms with Crippen molar-refractivity contribution in [3.63, 3.8) is 0 Å². The Bertz CT molecular complexity index is 717. The minimum Gasteiger partial charge on any atom is -0.490 e. The molecule has 0 bridgehead atoms. The summed E-state index contributed by atoms with van der Waals surface area (Å²) in [4.78, 5) is 3.89. The molecule has 0 fully saturated rings. The number of aryl methyl sites for hydroxylation is 1. The largest absolute Gasteiger partial charge is 0.490 e. The first kappa shape index (κ1) is 15.1. The van der Waals surface area contributed by atoms with Crippen molar-refractivity contribution in [3.8, 4) is 5.75 Å². The zero-order valence-corrected chi connectivity index (χ0v) is 12.4. The molecule has 0 amide bonds. The molecular formula is C14H17N3O3S. The van der Waals surface area contributed by atoms with Crippen LogP contribution in [0.25, 0.3) is 0 Å². The fourth-order valence-corrected chi connectivity index (χ4v) is 2.62. The topological polar surface area (TPSA) is 94.3 Å². The highest BCUT2D eigenvalue weighted by atomic mass is 32.2. The normalized spacial score (nSPS) is 11.1. The molecule has 1 aromatic carbocycles. The van der Waals surface area contributed by atoms with Gasteiger partial charge in [0.05, 0.1) is 17.6 Å². The number of hydrogen-bond acceptors (Lipinski definition) is 5. The molecule has 0 saturated heterocycles. The Balaban J connectivity index is 1.93. The molecule has 1 aromatic heterocycles. The second kappa shape index (κ2) is 6.45. The van der Waals surface area contributed by atoms with E-state index < -0.39 is 10.0 Å². The number of sulfonamides is 1. The average Bonchev–Trinajstić information content (AvgIpc) is 2.43. The molecule has 0 aliphatic rings. The van der Waals surface area contributed by atoms with Crippen molar-refractivity contribution in [2.24, 2.45) is 0 Å². The van der Waals surface area contributed by atoms with Gasteiger partial charge in [0, 0.05) is 6.20 Å². The first-order chi connectivity index (χ1) is 9.98. The minimum atomic E-state index is -3.50. The Morgan fingerprint density at radius 1 is 1.29 bits per heavy atom. The summed E-state index contributed by atoms with van der Waals surface area (Å²) in [7, 11) is -3.50. The molecule has 0 aliphatic carbocycles. The summed E-state index contributed by atoms with van der Waals surface area (Å²) in [5, 5.41) is 0. The van der Waals surface area contributed by atoms with Gasteiger partial charge in [-0.05, 0) is 30.7 Å². The van der Waals surface area contributed by atoms with Crippen LogP contribution in [0, 0.1) is 6.92 Å². The predicted molar refractivity (Wildman–Crippen MR) is 82.7 cm³/mol. The highest BCUT2D eigenvalue weighted by molar-refractivity contribution is 7.92. The Morgan fingerprint density at radius 2 is 2.05 bits per heavy atom. The van der Waals surface area contributed by atoms with Gasteiger partial charge in [-0.3, -0.25) is 9.71 Å². The lowest BCUT2D eigenvalue weighted by Crippen LogP contribution is -2.22. The number of nitrogens with zero attached hydrogens (tertiary/aromatic N) is 1. The number of benzene rings is 1. The van der Waals surface area contributed by atoms with Gasteiger partial charge in [0.2, 0.25) is 10.0 Å². The van der Waals surface area contributed by atoms with Crippen molar-refractivity contribution in [1.82, 2.24) is 4.98 Å². The number of nitrogen functional groups attached to an aromatic ring is 1. The van der Waals surface area contributed by atoms with Gasteiger partial charge < -0.3 is 10.5 Å². The van der Waals surface area contributed by atoms with E-state index in [1.807, 2.05) is 0 Å². The van der Waals surface area contributed by atoms with Crippen LogP contribution in [0.15, 0.2) is 42.7 Å². The summed E-state index contributed by atoms with van der Waals surface area (Å²) in [5.41, 5.74) is 7.47. The van der Waals surface area contributed by atoms with E-state index in [9.17, 15) is 8.42 Å². The van der Waals surface area contributed by atoms with Crippen molar-refractivity contribution in [2.75, 3.05) is 22.8 Å². The van der Waals surface area contributed by atoms with Crippen LogP contribution in [-0.4, -0.2) is 25.8 Å². The average molecular weight is 307 g/mol. The van der Waals surface area contributed by atoms with E-state index in [1.165, 1.54) is 6.20 Å². The zero-order chi connectivity index (χ0) is 15.3. The van der Waals surface area contributed by atoms with E-state index >= 15 is 0 Å². The molecule has 0 aliphatic heterocycles. The summed E-state index contributed by atoms with van der Waals surface area (Å²) in [6, 6.07) is 8.68. The van der Waals surface area contributed by atoms with Crippen LogP contribution >= 0.6 is 0 Å². The van der Waals surface area contributed by atoms with Crippen LogP contribution in [0.5, 0.6) is 5.75 Å². The van der Waals surface area contributed by atoms with E-state index in [2.05, 4.69) is 9.71 Å². The number of anilines is 2. The summed E-state index contributed by atoms with van der Waals surface area (Å²) in [6.45, 7) is 1.82. The standard InChI is InChI=1S/C14H17N3O3S/c1-11-6-7-16-10-13(11)17-21(18,19)9-8-20-14-5-3-2-4-12(14)15/h2-7,10,17H,8-9,15H2,1H3. The van der Waals surface area contributed by atoms with E-state index in [0.717, 1.165) is 5.56 Å². The summed E-state index contributed by atoms with van der Waals surface area (Å²) < 4.78 is 31.8. The summed E-state index contributed by atoms with van der Waals surface area (Å²) >= 11 is 0. The molecule has 7 heteroatoms. The van der Waals surface area contributed by atoms with E-state index in [0.29, 0.717) is 17.1 Å². The molecule has 0 atom stereocenters. The molecule has 0 spiro atoms. The molecule has 3 N–H and O–H groups in total. The number of rotatable bonds is 6. The first-order valence-corrected chi connectivity index (χ1v) is 8.01. The second-order valence-corrected chi connectivity index (χ2v) is 6.34. The number of ether oxygens (including phenoxy) is 1. The Labute approximate surface area is 124 Å². The van der Waals surface area contributed by atoms with Gasteiger partial charge in [0.15, 0.2) is 0 Å². The number of hydrogen-bond donors (Lipinski definition) is 2. The van der Waals surface area contributed by atoms with Gasteiger partial charge in [-0.15, -0.1) is 0 Å². The molecular weight excluding hydrogens is 290 g/mol. The van der Waals surface area contributed by atoms with E-state index in [1.54, 1.807) is 43.5 Å². The molecule has 0 saturated carbocycles. The molecule has 0 radical (unpaired) electrons. The van der Waals surface area contributed by atoms with Crippen LogP contribution in [-0.2, 0) is 10.0 Å². The van der Waals surface area contributed by atoms with Gasteiger partial charge >= 0.3 is 0 Å². The van der Waals surface area contributed by atoms with Crippen LogP contribution < -0.4 is 15.2 Å². The third kappa shape index (κ3) is 4.35. The monoisotopic (exact) mass is 307 g/mol. The zero-order valence-electron chi connectivity index (χ0n) is 11.6. The number of aromatic nitrogens is 1.